The maximum absolute atomic E-state index is 12.5. The van der Waals surface area contributed by atoms with Crippen LogP contribution >= 0.6 is 15.9 Å². The number of carbonyl (C=O) groups is 1. The number of halogens is 1. The average molecular weight is 404 g/mol. The summed E-state index contributed by atoms with van der Waals surface area (Å²) in [5.74, 6) is 1.19. The molecule has 2 aromatic rings. The number of hydrogen-bond acceptors (Lipinski definition) is 2. The van der Waals surface area contributed by atoms with Crippen LogP contribution in [0.3, 0.4) is 0 Å². The molecule has 3 nitrogen and oxygen atoms in total. The number of carbonyl (C=O) groups excluding carboxylic acids is 1. The highest BCUT2D eigenvalue weighted by atomic mass is 79.9. The van der Waals surface area contributed by atoms with Crippen molar-refractivity contribution < 1.29 is 9.53 Å². The topological polar surface area (TPSA) is 38.3 Å². The van der Waals surface area contributed by atoms with E-state index in [1.54, 1.807) is 0 Å². The molecule has 1 amide bonds. The molecule has 0 aromatic heterocycles. The fourth-order valence-electron chi connectivity index (χ4n) is 2.74. The van der Waals surface area contributed by atoms with Crippen molar-refractivity contribution in [3.05, 3.63) is 57.6 Å². The van der Waals surface area contributed by atoms with Crippen LogP contribution in [-0.4, -0.2) is 12.5 Å². The second-order valence-corrected chi connectivity index (χ2v) is 7.75. The molecule has 134 valence electrons. The molecule has 0 fully saturated rings. The van der Waals surface area contributed by atoms with Crippen molar-refractivity contribution in [1.29, 1.82) is 0 Å². The Morgan fingerprint density at radius 2 is 1.68 bits per heavy atom. The normalized spacial score (nSPS) is 11.0. The smallest absolute Gasteiger partial charge is 0.262 e. The maximum atomic E-state index is 12.5. The van der Waals surface area contributed by atoms with Gasteiger partial charge in [0.2, 0.25) is 0 Å². The van der Waals surface area contributed by atoms with Crippen molar-refractivity contribution in [2.45, 2.75) is 46.5 Å². The summed E-state index contributed by atoms with van der Waals surface area (Å²) in [6.45, 7) is 10.5. The molecule has 0 spiro atoms. The molecule has 0 atom stereocenters. The Morgan fingerprint density at radius 1 is 1.08 bits per heavy atom. The van der Waals surface area contributed by atoms with Crippen LogP contribution in [0.25, 0.3) is 0 Å². The second kappa shape index (κ2) is 8.52. The van der Waals surface area contributed by atoms with E-state index in [9.17, 15) is 4.79 Å². The minimum Gasteiger partial charge on any atom is -0.483 e. The van der Waals surface area contributed by atoms with Crippen LogP contribution in [0.5, 0.6) is 5.75 Å². The van der Waals surface area contributed by atoms with Gasteiger partial charge in [-0.1, -0.05) is 52.0 Å². The van der Waals surface area contributed by atoms with Gasteiger partial charge in [0.25, 0.3) is 5.91 Å². The molecule has 2 rings (SSSR count). The molecule has 0 bridgehead atoms. The van der Waals surface area contributed by atoms with Gasteiger partial charge in [0, 0.05) is 5.69 Å². The molecular weight excluding hydrogens is 378 g/mol. The maximum Gasteiger partial charge on any atom is 0.262 e. The lowest BCUT2D eigenvalue weighted by Crippen LogP contribution is -2.22. The van der Waals surface area contributed by atoms with E-state index in [4.69, 9.17) is 4.74 Å². The van der Waals surface area contributed by atoms with Crippen LogP contribution < -0.4 is 10.1 Å². The molecular formula is C21H26BrNO2. The standard InChI is InChI=1S/C21H26BrNO2/c1-13(2)16-7-6-8-17(14(3)4)21(16)23-20(24)12-25-19-10-9-15(5)11-18(19)22/h6-11,13-14H,12H2,1-5H3,(H,23,24). The van der Waals surface area contributed by atoms with Crippen LogP contribution in [0.15, 0.2) is 40.9 Å². The van der Waals surface area contributed by atoms with Crippen molar-refractivity contribution >= 4 is 27.5 Å². The van der Waals surface area contributed by atoms with E-state index in [2.05, 4.69) is 67.1 Å². The van der Waals surface area contributed by atoms with Gasteiger partial charge in [0.1, 0.15) is 5.75 Å². The summed E-state index contributed by atoms with van der Waals surface area (Å²) < 4.78 is 6.52. The van der Waals surface area contributed by atoms with Gasteiger partial charge in [-0.3, -0.25) is 4.79 Å². The number of rotatable bonds is 6. The fourth-order valence-corrected chi connectivity index (χ4v) is 3.34. The zero-order valence-corrected chi connectivity index (χ0v) is 17.1. The van der Waals surface area contributed by atoms with Crippen molar-refractivity contribution in [3.63, 3.8) is 0 Å². The second-order valence-electron chi connectivity index (χ2n) is 6.89. The molecule has 25 heavy (non-hydrogen) atoms. The Balaban J connectivity index is 2.14. The Labute approximate surface area is 158 Å². The van der Waals surface area contributed by atoms with Gasteiger partial charge in [0.05, 0.1) is 4.47 Å². The Morgan fingerprint density at radius 3 is 2.20 bits per heavy atom. The summed E-state index contributed by atoms with van der Waals surface area (Å²) in [4.78, 5) is 12.5. The van der Waals surface area contributed by atoms with Crippen molar-refractivity contribution in [2.24, 2.45) is 0 Å². The predicted molar refractivity (Wildman–Crippen MR) is 108 cm³/mol. The summed E-state index contributed by atoms with van der Waals surface area (Å²) in [5.41, 5.74) is 4.35. The molecule has 0 saturated heterocycles. The minimum absolute atomic E-state index is 0.0222. The minimum atomic E-state index is -0.150. The number of ether oxygens (including phenoxy) is 1. The van der Waals surface area contributed by atoms with Gasteiger partial charge in [-0.05, 0) is 63.5 Å². The van der Waals surface area contributed by atoms with Gasteiger partial charge in [0.15, 0.2) is 6.61 Å². The number of amides is 1. The average Bonchev–Trinajstić information content (AvgIpc) is 2.53. The lowest BCUT2D eigenvalue weighted by Gasteiger charge is -2.20. The quantitative estimate of drug-likeness (QED) is 0.639. The molecule has 0 aliphatic carbocycles. The monoisotopic (exact) mass is 403 g/mol. The largest absolute Gasteiger partial charge is 0.483 e. The zero-order chi connectivity index (χ0) is 18.6. The first kappa shape index (κ1) is 19.5. The van der Waals surface area contributed by atoms with Crippen LogP contribution in [0.1, 0.15) is 56.2 Å². The highest BCUT2D eigenvalue weighted by Crippen LogP contribution is 2.32. The van der Waals surface area contributed by atoms with Crippen molar-refractivity contribution in [3.8, 4) is 5.75 Å². The molecule has 2 aromatic carbocycles. The van der Waals surface area contributed by atoms with Crippen molar-refractivity contribution in [1.82, 2.24) is 0 Å². The van der Waals surface area contributed by atoms with Crippen LogP contribution in [-0.2, 0) is 4.79 Å². The first-order valence-corrected chi connectivity index (χ1v) is 9.40. The third-order valence-corrected chi connectivity index (χ3v) is 4.70. The Hall–Kier alpha value is -1.81. The summed E-state index contributed by atoms with van der Waals surface area (Å²) in [6.07, 6.45) is 0. The molecule has 4 heteroatoms. The molecule has 0 saturated carbocycles. The van der Waals surface area contributed by atoms with Crippen LogP contribution in [0.2, 0.25) is 0 Å². The summed E-state index contributed by atoms with van der Waals surface area (Å²) in [6, 6.07) is 12.0. The molecule has 0 aliphatic heterocycles. The number of nitrogens with one attached hydrogen (secondary N) is 1. The first-order valence-electron chi connectivity index (χ1n) is 8.61. The van der Waals surface area contributed by atoms with Gasteiger partial charge in [-0.2, -0.15) is 0 Å². The number of hydrogen-bond donors (Lipinski definition) is 1. The summed E-state index contributed by atoms with van der Waals surface area (Å²) in [7, 11) is 0. The summed E-state index contributed by atoms with van der Waals surface area (Å²) >= 11 is 3.47. The van der Waals surface area contributed by atoms with Gasteiger partial charge < -0.3 is 10.1 Å². The predicted octanol–water partition coefficient (Wildman–Crippen LogP) is 6.02. The number of aryl methyl sites for hydroxylation is 1. The van der Waals surface area contributed by atoms with Gasteiger partial charge in [-0.15, -0.1) is 0 Å². The highest BCUT2D eigenvalue weighted by molar-refractivity contribution is 9.10. The molecule has 0 aliphatic rings. The zero-order valence-electron chi connectivity index (χ0n) is 15.5. The van der Waals surface area contributed by atoms with E-state index in [1.807, 2.05) is 25.1 Å². The van der Waals surface area contributed by atoms with Crippen LogP contribution in [0.4, 0.5) is 5.69 Å². The lowest BCUT2D eigenvalue weighted by molar-refractivity contribution is -0.118. The summed E-state index contributed by atoms with van der Waals surface area (Å²) in [5, 5.41) is 3.06. The Kier molecular flexibility index (Phi) is 6.65. The number of para-hydroxylation sites is 1. The fraction of sp³-hybridized carbons (Fsp3) is 0.381. The van der Waals surface area contributed by atoms with Crippen LogP contribution in [0, 0.1) is 6.92 Å². The molecule has 0 unspecified atom stereocenters. The van der Waals surface area contributed by atoms with Crippen molar-refractivity contribution in [2.75, 3.05) is 11.9 Å². The molecule has 1 N–H and O–H groups in total. The van der Waals surface area contributed by atoms with E-state index in [0.29, 0.717) is 17.6 Å². The number of anilines is 1. The van der Waals surface area contributed by atoms with Gasteiger partial charge in [-0.25, -0.2) is 0 Å². The molecule has 0 radical (unpaired) electrons. The number of benzene rings is 2. The third-order valence-electron chi connectivity index (χ3n) is 4.08. The van der Waals surface area contributed by atoms with E-state index in [0.717, 1.165) is 26.9 Å². The molecule has 0 heterocycles. The SMILES string of the molecule is Cc1ccc(OCC(=O)Nc2c(C(C)C)cccc2C(C)C)c(Br)c1. The Bertz CT molecular complexity index is 727. The first-order chi connectivity index (χ1) is 11.8. The lowest BCUT2D eigenvalue weighted by atomic mass is 9.92. The van der Waals surface area contributed by atoms with E-state index >= 15 is 0 Å². The van der Waals surface area contributed by atoms with E-state index in [-0.39, 0.29) is 12.5 Å². The van der Waals surface area contributed by atoms with Gasteiger partial charge >= 0.3 is 0 Å². The highest BCUT2D eigenvalue weighted by Gasteiger charge is 2.16. The van der Waals surface area contributed by atoms with E-state index < -0.39 is 0 Å². The van der Waals surface area contributed by atoms with E-state index in [1.165, 1.54) is 0 Å². The third kappa shape index (κ3) is 5.08.